The van der Waals surface area contributed by atoms with Gasteiger partial charge in [0.2, 0.25) is 0 Å². The number of rotatable bonds is 4. The highest BCUT2D eigenvalue weighted by atomic mass is 35.5. The molecule has 0 saturated heterocycles. The third-order valence-electron chi connectivity index (χ3n) is 4.43. The van der Waals surface area contributed by atoms with Crippen molar-refractivity contribution in [1.29, 1.82) is 0 Å². The molecule has 0 bridgehead atoms. The first-order valence-electron chi connectivity index (χ1n) is 8.45. The standard InChI is InChI=1S/C20H18ClN3OS/c1-13-2-4-14(5-3-13)18-17(24-10-11-26-20(24)23-18)12-22-19(25)15-6-8-16(21)9-7-15/h2-9H,10-12H2,1H3,(H,22,25). The molecule has 0 fully saturated rings. The molecule has 1 amide bonds. The van der Waals surface area contributed by atoms with Crippen molar-refractivity contribution in [3.63, 3.8) is 0 Å². The third-order valence-corrected chi connectivity index (χ3v) is 5.64. The molecule has 1 N–H and O–H groups in total. The minimum atomic E-state index is -0.113. The first-order valence-corrected chi connectivity index (χ1v) is 9.81. The predicted molar refractivity (Wildman–Crippen MR) is 106 cm³/mol. The van der Waals surface area contributed by atoms with Crippen molar-refractivity contribution in [3.8, 4) is 11.3 Å². The second kappa shape index (κ2) is 7.17. The molecule has 132 valence electrons. The Kier molecular flexibility index (Phi) is 4.74. The number of benzene rings is 2. The van der Waals surface area contributed by atoms with Crippen molar-refractivity contribution < 1.29 is 4.79 Å². The maximum absolute atomic E-state index is 12.5. The topological polar surface area (TPSA) is 46.9 Å². The number of halogens is 1. The molecule has 0 radical (unpaired) electrons. The van der Waals surface area contributed by atoms with Crippen molar-refractivity contribution in [2.75, 3.05) is 5.75 Å². The molecule has 0 saturated carbocycles. The van der Waals surface area contributed by atoms with Crippen LogP contribution in [0.1, 0.15) is 21.6 Å². The maximum Gasteiger partial charge on any atom is 0.251 e. The predicted octanol–water partition coefficient (Wildman–Crippen LogP) is 4.55. The molecule has 2 heterocycles. The summed E-state index contributed by atoms with van der Waals surface area (Å²) >= 11 is 7.65. The van der Waals surface area contributed by atoms with Gasteiger partial charge in [-0.2, -0.15) is 0 Å². The molecule has 0 aliphatic carbocycles. The second-order valence-electron chi connectivity index (χ2n) is 6.25. The molecular weight excluding hydrogens is 366 g/mol. The molecule has 1 aliphatic rings. The van der Waals surface area contributed by atoms with Crippen LogP contribution in [0, 0.1) is 6.92 Å². The maximum atomic E-state index is 12.5. The largest absolute Gasteiger partial charge is 0.346 e. The van der Waals surface area contributed by atoms with Crippen LogP contribution in [-0.2, 0) is 13.1 Å². The Morgan fingerprint density at radius 1 is 1.19 bits per heavy atom. The molecular formula is C20H18ClN3OS. The van der Waals surface area contributed by atoms with Gasteiger partial charge < -0.3 is 9.88 Å². The van der Waals surface area contributed by atoms with E-state index < -0.39 is 0 Å². The third kappa shape index (κ3) is 3.37. The van der Waals surface area contributed by atoms with E-state index in [2.05, 4.69) is 41.1 Å². The van der Waals surface area contributed by atoms with Gasteiger partial charge in [0, 0.05) is 28.4 Å². The lowest BCUT2D eigenvalue weighted by Crippen LogP contribution is -2.24. The van der Waals surface area contributed by atoms with Gasteiger partial charge in [-0.1, -0.05) is 53.2 Å². The second-order valence-corrected chi connectivity index (χ2v) is 7.74. The molecule has 6 heteroatoms. The minimum absolute atomic E-state index is 0.113. The summed E-state index contributed by atoms with van der Waals surface area (Å²) in [4.78, 5) is 17.3. The Morgan fingerprint density at radius 3 is 2.65 bits per heavy atom. The van der Waals surface area contributed by atoms with E-state index in [1.54, 1.807) is 36.0 Å². The van der Waals surface area contributed by atoms with Crippen LogP contribution < -0.4 is 5.32 Å². The highest BCUT2D eigenvalue weighted by Crippen LogP contribution is 2.33. The van der Waals surface area contributed by atoms with Crippen LogP contribution in [0.15, 0.2) is 53.7 Å². The van der Waals surface area contributed by atoms with Gasteiger partial charge in [0.15, 0.2) is 5.16 Å². The fourth-order valence-corrected chi connectivity index (χ4v) is 4.12. The van der Waals surface area contributed by atoms with E-state index in [1.807, 2.05) is 0 Å². The van der Waals surface area contributed by atoms with Crippen molar-refractivity contribution >= 4 is 29.3 Å². The normalized spacial score (nSPS) is 12.8. The Bertz CT molecular complexity index is 948. The van der Waals surface area contributed by atoms with Gasteiger partial charge in [0.05, 0.1) is 17.9 Å². The highest BCUT2D eigenvalue weighted by molar-refractivity contribution is 7.99. The molecule has 1 aromatic heterocycles. The number of aromatic nitrogens is 2. The summed E-state index contributed by atoms with van der Waals surface area (Å²) in [5.74, 6) is 0.909. The quantitative estimate of drug-likeness (QED) is 0.719. The summed E-state index contributed by atoms with van der Waals surface area (Å²) in [7, 11) is 0. The zero-order valence-electron chi connectivity index (χ0n) is 14.3. The smallest absolute Gasteiger partial charge is 0.251 e. The van der Waals surface area contributed by atoms with Crippen LogP contribution in [0.2, 0.25) is 5.02 Å². The molecule has 3 aromatic rings. The zero-order valence-corrected chi connectivity index (χ0v) is 15.9. The summed E-state index contributed by atoms with van der Waals surface area (Å²) < 4.78 is 2.21. The van der Waals surface area contributed by atoms with Gasteiger partial charge in [-0.25, -0.2) is 4.98 Å². The number of aryl methyl sites for hydroxylation is 1. The molecule has 0 atom stereocenters. The number of nitrogens with one attached hydrogen (secondary N) is 1. The molecule has 4 nitrogen and oxygen atoms in total. The van der Waals surface area contributed by atoms with Gasteiger partial charge in [0.25, 0.3) is 5.91 Å². The van der Waals surface area contributed by atoms with Gasteiger partial charge in [0.1, 0.15) is 0 Å². The number of thioether (sulfide) groups is 1. The van der Waals surface area contributed by atoms with Crippen molar-refractivity contribution in [2.24, 2.45) is 0 Å². The monoisotopic (exact) mass is 383 g/mol. The molecule has 0 spiro atoms. The summed E-state index contributed by atoms with van der Waals surface area (Å²) in [6, 6.07) is 15.3. The van der Waals surface area contributed by atoms with E-state index in [9.17, 15) is 4.79 Å². The fourth-order valence-electron chi connectivity index (χ4n) is 3.02. The summed E-state index contributed by atoms with van der Waals surface area (Å²) in [5, 5.41) is 4.66. The van der Waals surface area contributed by atoms with Crippen LogP contribution in [-0.4, -0.2) is 21.2 Å². The van der Waals surface area contributed by atoms with Crippen molar-refractivity contribution in [1.82, 2.24) is 14.9 Å². The van der Waals surface area contributed by atoms with Gasteiger partial charge in [-0.3, -0.25) is 4.79 Å². The number of hydrogen-bond acceptors (Lipinski definition) is 3. The van der Waals surface area contributed by atoms with Crippen LogP contribution in [0.25, 0.3) is 11.3 Å². The number of imidazole rings is 1. The molecule has 4 rings (SSSR count). The van der Waals surface area contributed by atoms with Crippen LogP contribution in [0.4, 0.5) is 0 Å². The van der Waals surface area contributed by atoms with Crippen LogP contribution >= 0.6 is 23.4 Å². The number of fused-ring (bicyclic) bond motifs is 1. The zero-order chi connectivity index (χ0) is 18.1. The SMILES string of the molecule is Cc1ccc(-c2nc3n(c2CNC(=O)c2ccc(Cl)cc2)CCS3)cc1. The number of carbonyl (C=O) groups excluding carboxylic acids is 1. The van der Waals surface area contributed by atoms with Gasteiger partial charge in [-0.05, 0) is 31.2 Å². The fraction of sp³-hybridized carbons (Fsp3) is 0.200. The van der Waals surface area contributed by atoms with E-state index >= 15 is 0 Å². The average Bonchev–Trinajstić information content (AvgIpc) is 3.22. The van der Waals surface area contributed by atoms with Crippen molar-refractivity contribution in [2.45, 2.75) is 25.2 Å². The summed E-state index contributed by atoms with van der Waals surface area (Å²) in [6.45, 7) is 3.43. The Hall–Kier alpha value is -2.24. The van der Waals surface area contributed by atoms with Crippen LogP contribution in [0.3, 0.4) is 0 Å². The lowest BCUT2D eigenvalue weighted by atomic mass is 10.1. The molecule has 0 unspecified atom stereocenters. The number of carbonyl (C=O) groups is 1. The van der Waals surface area contributed by atoms with E-state index in [0.29, 0.717) is 17.1 Å². The highest BCUT2D eigenvalue weighted by Gasteiger charge is 2.23. The first-order chi connectivity index (χ1) is 12.6. The minimum Gasteiger partial charge on any atom is -0.346 e. The lowest BCUT2D eigenvalue weighted by Gasteiger charge is -2.10. The Labute approximate surface area is 161 Å². The van der Waals surface area contributed by atoms with E-state index in [0.717, 1.165) is 34.4 Å². The number of nitrogens with zero attached hydrogens (tertiary/aromatic N) is 2. The number of amides is 1. The van der Waals surface area contributed by atoms with Gasteiger partial charge >= 0.3 is 0 Å². The first kappa shape index (κ1) is 17.2. The average molecular weight is 384 g/mol. The van der Waals surface area contributed by atoms with Gasteiger partial charge in [-0.15, -0.1) is 0 Å². The summed E-state index contributed by atoms with van der Waals surface area (Å²) in [5.41, 5.74) is 4.89. The van der Waals surface area contributed by atoms with E-state index in [4.69, 9.17) is 16.6 Å². The van der Waals surface area contributed by atoms with E-state index in [-0.39, 0.29) is 5.91 Å². The van der Waals surface area contributed by atoms with Crippen molar-refractivity contribution in [3.05, 3.63) is 70.4 Å². The van der Waals surface area contributed by atoms with E-state index in [1.165, 1.54) is 5.56 Å². The molecule has 26 heavy (non-hydrogen) atoms. The number of hydrogen-bond donors (Lipinski definition) is 1. The Balaban J connectivity index is 1.60. The molecule has 1 aliphatic heterocycles. The Morgan fingerprint density at radius 2 is 1.92 bits per heavy atom. The summed E-state index contributed by atoms with van der Waals surface area (Å²) in [6.07, 6.45) is 0. The van der Waals surface area contributed by atoms with Crippen LogP contribution in [0.5, 0.6) is 0 Å². The molecule has 2 aromatic carbocycles. The lowest BCUT2D eigenvalue weighted by molar-refractivity contribution is 0.0950.